The van der Waals surface area contributed by atoms with Gasteiger partial charge in [-0.1, -0.05) is 0 Å². The fourth-order valence-corrected chi connectivity index (χ4v) is 1.77. The molecule has 4 N–H and O–H groups in total. The van der Waals surface area contributed by atoms with E-state index in [1.54, 1.807) is 0 Å². The number of hydrogen-bond donors (Lipinski definition) is 4. The molecule has 0 bridgehead atoms. The first-order chi connectivity index (χ1) is 8.40. The predicted octanol–water partition coefficient (Wildman–Crippen LogP) is 0.833. The normalized spacial score (nSPS) is 12.8. The van der Waals surface area contributed by atoms with Crippen molar-refractivity contribution in [1.82, 2.24) is 0 Å². The summed E-state index contributed by atoms with van der Waals surface area (Å²) in [4.78, 5) is 11.7. The Morgan fingerprint density at radius 1 is 1.22 bits per heavy atom. The lowest BCUT2D eigenvalue weighted by Crippen LogP contribution is -2.08. The number of fused-ring (bicyclic) bond motifs is 1. The molecule has 1 aromatic heterocycles. The molecule has 0 saturated carbocycles. The highest BCUT2D eigenvalue weighted by Gasteiger charge is 2.16. The van der Waals surface area contributed by atoms with Crippen LogP contribution < -0.4 is 5.63 Å². The van der Waals surface area contributed by atoms with E-state index in [9.17, 15) is 25.2 Å². The van der Waals surface area contributed by atoms with Crippen molar-refractivity contribution in [3.8, 4) is 17.2 Å². The van der Waals surface area contributed by atoms with Crippen LogP contribution in [-0.4, -0.2) is 26.5 Å². The van der Waals surface area contributed by atoms with Crippen LogP contribution in [0.5, 0.6) is 17.2 Å². The van der Waals surface area contributed by atoms with Crippen molar-refractivity contribution in [3.05, 3.63) is 28.3 Å². The Morgan fingerprint density at radius 2 is 1.89 bits per heavy atom. The molecule has 6 heteroatoms. The van der Waals surface area contributed by atoms with Gasteiger partial charge in [-0.05, 0) is 13.0 Å². The van der Waals surface area contributed by atoms with Gasteiger partial charge in [-0.2, -0.15) is 0 Å². The van der Waals surface area contributed by atoms with E-state index in [1.165, 1.54) is 13.0 Å². The minimum atomic E-state index is -0.837. The van der Waals surface area contributed by atoms with Crippen molar-refractivity contribution in [1.29, 1.82) is 0 Å². The van der Waals surface area contributed by atoms with Crippen LogP contribution in [0.4, 0.5) is 0 Å². The standard InChI is InChI=1S/C12H12O6/c1-5(13)2-6-3-7-10(12(17)18-6)8(14)4-9(15)11(7)16/h3-5,13-16H,2H2,1H3. The average molecular weight is 252 g/mol. The van der Waals surface area contributed by atoms with Gasteiger partial charge in [0.05, 0.1) is 6.10 Å². The van der Waals surface area contributed by atoms with E-state index < -0.39 is 29.0 Å². The van der Waals surface area contributed by atoms with Crippen LogP contribution in [0.2, 0.25) is 0 Å². The first-order valence-electron chi connectivity index (χ1n) is 5.29. The number of rotatable bonds is 2. The number of phenols is 3. The summed E-state index contributed by atoms with van der Waals surface area (Å²) < 4.78 is 4.91. The van der Waals surface area contributed by atoms with Crippen LogP contribution in [0.15, 0.2) is 21.3 Å². The van der Waals surface area contributed by atoms with Crippen LogP contribution in [0.1, 0.15) is 12.7 Å². The van der Waals surface area contributed by atoms with Crippen LogP contribution in [0.3, 0.4) is 0 Å². The Hall–Kier alpha value is -2.21. The number of aliphatic hydroxyl groups excluding tert-OH is 1. The molecule has 2 aromatic rings. The fraction of sp³-hybridized carbons (Fsp3) is 0.250. The molecule has 0 aliphatic rings. The molecular formula is C12H12O6. The zero-order valence-corrected chi connectivity index (χ0v) is 9.54. The SMILES string of the molecule is CC(O)Cc1cc2c(O)c(O)cc(O)c2c(=O)o1. The molecule has 0 saturated heterocycles. The molecular weight excluding hydrogens is 240 g/mol. The minimum absolute atomic E-state index is 0.0144. The molecule has 0 amide bonds. The molecule has 0 fully saturated rings. The van der Waals surface area contributed by atoms with Crippen LogP contribution in [-0.2, 0) is 6.42 Å². The van der Waals surface area contributed by atoms with Crippen molar-refractivity contribution < 1.29 is 24.8 Å². The van der Waals surface area contributed by atoms with Gasteiger partial charge in [0.2, 0.25) is 0 Å². The summed E-state index contributed by atoms with van der Waals surface area (Å²) in [6.07, 6.45) is -0.639. The maximum atomic E-state index is 11.7. The van der Waals surface area contributed by atoms with Gasteiger partial charge in [-0.15, -0.1) is 0 Å². The summed E-state index contributed by atoms with van der Waals surface area (Å²) in [6, 6.07) is 2.17. The zero-order valence-electron chi connectivity index (χ0n) is 9.54. The van der Waals surface area contributed by atoms with Gasteiger partial charge >= 0.3 is 5.63 Å². The highest BCUT2D eigenvalue weighted by atomic mass is 16.4. The first kappa shape index (κ1) is 12.3. The number of phenolic OH excluding ortho intramolecular Hbond substituents is 3. The third kappa shape index (κ3) is 1.98. The van der Waals surface area contributed by atoms with E-state index in [-0.39, 0.29) is 23.0 Å². The highest BCUT2D eigenvalue weighted by molar-refractivity contribution is 5.94. The Bertz CT molecular complexity index is 656. The first-order valence-corrected chi connectivity index (χ1v) is 5.29. The molecule has 1 unspecified atom stereocenters. The Balaban J connectivity index is 2.79. The van der Waals surface area contributed by atoms with Gasteiger partial charge in [-0.25, -0.2) is 4.79 Å². The van der Waals surface area contributed by atoms with Crippen molar-refractivity contribution in [2.24, 2.45) is 0 Å². The van der Waals surface area contributed by atoms with Crippen LogP contribution in [0, 0.1) is 0 Å². The lowest BCUT2D eigenvalue weighted by molar-refractivity contribution is 0.186. The topological polar surface area (TPSA) is 111 Å². The van der Waals surface area contributed by atoms with Gasteiger partial charge in [0.15, 0.2) is 11.5 Å². The van der Waals surface area contributed by atoms with E-state index in [4.69, 9.17) is 4.42 Å². The molecule has 1 atom stereocenters. The van der Waals surface area contributed by atoms with E-state index >= 15 is 0 Å². The molecule has 1 aromatic carbocycles. The number of aromatic hydroxyl groups is 3. The van der Waals surface area contributed by atoms with Crippen molar-refractivity contribution in [3.63, 3.8) is 0 Å². The van der Waals surface area contributed by atoms with E-state index in [0.29, 0.717) is 0 Å². The van der Waals surface area contributed by atoms with Gasteiger partial charge < -0.3 is 24.8 Å². The largest absolute Gasteiger partial charge is 0.507 e. The van der Waals surface area contributed by atoms with E-state index in [1.807, 2.05) is 0 Å². The third-order valence-corrected chi connectivity index (χ3v) is 2.53. The van der Waals surface area contributed by atoms with Gasteiger partial charge in [0.1, 0.15) is 16.9 Å². The second-order valence-corrected chi connectivity index (χ2v) is 4.11. The Labute approximate surface area is 101 Å². The number of aliphatic hydroxyl groups is 1. The highest BCUT2D eigenvalue weighted by Crippen LogP contribution is 2.38. The van der Waals surface area contributed by atoms with Crippen molar-refractivity contribution in [2.75, 3.05) is 0 Å². The average Bonchev–Trinajstić information content (AvgIpc) is 2.24. The second-order valence-electron chi connectivity index (χ2n) is 4.11. The molecule has 1 heterocycles. The van der Waals surface area contributed by atoms with Crippen LogP contribution in [0.25, 0.3) is 10.8 Å². The third-order valence-electron chi connectivity index (χ3n) is 2.53. The minimum Gasteiger partial charge on any atom is -0.507 e. The van der Waals surface area contributed by atoms with E-state index in [2.05, 4.69) is 0 Å². The molecule has 0 aliphatic heterocycles. The second kappa shape index (κ2) is 4.23. The molecule has 18 heavy (non-hydrogen) atoms. The monoisotopic (exact) mass is 252 g/mol. The molecule has 0 radical (unpaired) electrons. The molecule has 0 spiro atoms. The van der Waals surface area contributed by atoms with Gasteiger partial charge in [-0.3, -0.25) is 0 Å². The smallest absolute Gasteiger partial charge is 0.347 e. The molecule has 96 valence electrons. The van der Waals surface area contributed by atoms with Crippen molar-refractivity contribution >= 4 is 10.8 Å². The predicted molar refractivity (Wildman–Crippen MR) is 62.9 cm³/mol. The molecule has 6 nitrogen and oxygen atoms in total. The summed E-state index contributed by atoms with van der Waals surface area (Å²) in [5, 5.41) is 37.6. The maximum Gasteiger partial charge on any atom is 0.347 e. The summed E-state index contributed by atoms with van der Waals surface area (Å²) in [5.41, 5.74) is -0.837. The fourth-order valence-electron chi connectivity index (χ4n) is 1.77. The number of benzene rings is 1. The van der Waals surface area contributed by atoms with Crippen molar-refractivity contribution in [2.45, 2.75) is 19.4 Å². The maximum absolute atomic E-state index is 11.7. The number of hydrogen-bond acceptors (Lipinski definition) is 6. The Morgan fingerprint density at radius 3 is 2.50 bits per heavy atom. The van der Waals surface area contributed by atoms with Gasteiger partial charge in [0.25, 0.3) is 0 Å². The zero-order chi connectivity index (χ0) is 13.4. The lowest BCUT2D eigenvalue weighted by Gasteiger charge is -2.07. The summed E-state index contributed by atoms with van der Waals surface area (Å²) in [6.45, 7) is 1.52. The summed E-state index contributed by atoms with van der Waals surface area (Å²) in [7, 11) is 0. The van der Waals surface area contributed by atoms with E-state index in [0.717, 1.165) is 6.07 Å². The quantitative estimate of drug-likeness (QED) is 0.465. The summed E-state index contributed by atoms with van der Waals surface area (Å²) >= 11 is 0. The Kier molecular flexibility index (Phi) is 2.88. The molecule has 2 rings (SSSR count). The molecule has 0 aliphatic carbocycles. The van der Waals surface area contributed by atoms with Crippen LogP contribution >= 0.6 is 0 Å². The van der Waals surface area contributed by atoms with Gasteiger partial charge in [0, 0.05) is 17.9 Å². The summed E-state index contributed by atoms with van der Waals surface area (Å²) in [5.74, 6) is -1.36. The lowest BCUT2D eigenvalue weighted by atomic mass is 10.1.